The summed E-state index contributed by atoms with van der Waals surface area (Å²) >= 11 is 0. The Morgan fingerprint density at radius 3 is 3.00 bits per heavy atom. The molecular formula is C13H18N2O3S. The zero-order valence-electron chi connectivity index (χ0n) is 11.1. The summed E-state index contributed by atoms with van der Waals surface area (Å²) in [4.78, 5) is 18.8. The molecule has 19 heavy (non-hydrogen) atoms. The zero-order valence-corrected chi connectivity index (χ0v) is 11.9. The Hall–Kier alpha value is -1.69. The van der Waals surface area contributed by atoms with E-state index in [9.17, 15) is 4.79 Å². The number of amides is 1. The van der Waals surface area contributed by atoms with Crippen LogP contribution in [0.2, 0.25) is 0 Å². The van der Waals surface area contributed by atoms with Crippen LogP contribution in [0, 0.1) is 0 Å². The monoisotopic (exact) mass is 282 g/mol. The summed E-state index contributed by atoms with van der Waals surface area (Å²) in [6, 6.07) is 0. The van der Waals surface area contributed by atoms with Crippen molar-refractivity contribution in [3.05, 3.63) is 34.6 Å². The van der Waals surface area contributed by atoms with Crippen LogP contribution in [0.1, 0.15) is 0 Å². The van der Waals surface area contributed by atoms with Crippen LogP contribution in [0.3, 0.4) is 0 Å². The van der Waals surface area contributed by atoms with E-state index in [1.807, 2.05) is 6.08 Å². The Labute approximate surface area is 114 Å². The van der Waals surface area contributed by atoms with Crippen LogP contribution in [0.15, 0.2) is 39.8 Å². The second kappa shape index (κ2) is 5.13. The van der Waals surface area contributed by atoms with Crippen molar-refractivity contribution in [2.24, 2.45) is 5.16 Å². The lowest BCUT2D eigenvalue weighted by Gasteiger charge is -2.34. The van der Waals surface area contributed by atoms with Crippen molar-refractivity contribution in [3.8, 4) is 0 Å². The maximum absolute atomic E-state index is 11.2. The summed E-state index contributed by atoms with van der Waals surface area (Å²) in [5.74, 6) is 0. The number of nitrogens with zero attached hydrogens (tertiary/aromatic N) is 2. The van der Waals surface area contributed by atoms with Gasteiger partial charge in [0.2, 0.25) is 0 Å². The van der Waals surface area contributed by atoms with Crippen LogP contribution in [0.4, 0.5) is 4.79 Å². The first-order chi connectivity index (χ1) is 8.95. The lowest BCUT2D eigenvalue weighted by molar-refractivity contribution is 0.152. The molecule has 104 valence electrons. The third kappa shape index (κ3) is 2.68. The average Bonchev–Trinajstić information content (AvgIpc) is 2.65. The summed E-state index contributed by atoms with van der Waals surface area (Å²) in [6.07, 6.45) is 7.04. The number of carbonyl (C=O) groups is 1. The van der Waals surface area contributed by atoms with Crippen molar-refractivity contribution in [1.29, 1.82) is 0 Å². The van der Waals surface area contributed by atoms with E-state index in [0.717, 1.165) is 16.2 Å². The topological polar surface area (TPSA) is 62.1 Å². The highest BCUT2D eigenvalue weighted by Gasteiger charge is 2.35. The van der Waals surface area contributed by atoms with Gasteiger partial charge in [0.25, 0.3) is 0 Å². The predicted molar refractivity (Wildman–Crippen MR) is 78.8 cm³/mol. The SMILES string of the molecule is C=CCON=C1CN(C(=O)O)CC2=C1S(C)(C)C=C2. The molecule has 0 aromatic heterocycles. The summed E-state index contributed by atoms with van der Waals surface area (Å²) in [5, 5.41) is 15.4. The fourth-order valence-corrected chi connectivity index (χ4v) is 4.39. The molecule has 0 spiro atoms. The second-order valence-corrected chi connectivity index (χ2v) is 8.32. The van der Waals surface area contributed by atoms with Gasteiger partial charge in [-0.15, -0.1) is 0 Å². The van der Waals surface area contributed by atoms with Gasteiger partial charge in [-0.05, 0) is 23.5 Å². The first-order valence-electron chi connectivity index (χ1n) is 5.88. The molecular weight excluding hydrogens is 264 g/mol. The molecule has 0 atom stereocenters. The molecule has 0 saturated heterocycles. The molecule has 6 heteroatoms. The fraction of sp³-hybridized carbons (Fsp3) is 0.385. The van der Waals surface area contributed by atoms with E-state index in [4.69, 9.17) is 9.94 Å². The van der Waals surface area contributed by atoms with E-state index >= 15 is 0 Å². The first-order valence-corrected chi connectivity index (χ1v) is 8.39. The number of hydrogen-bond acceptors (Lipinski definition) is 3. The van der Waals surface area contributed by atoms with Crippen LogP contribution in [0.5, 0.6) is 0 Å². The number of rotatable bonds is 3. The van der Waals surface area contributed by atoms with Gasteiger partial charge in [0.05, 0.1) is 13.1 Å². The van der Waals surface area contributed by atoms with Gasteiger partial charge in [-0.3, -0.25) is 4.90 Å². The maximum atomic E-state index is 11.2. The molecule has 2 aliphatic heterocycles. The molecule has 2 heterocycles. The maximum Gasteiger partial charge on any atom is 0.407 e. The van der Waals surface area contributed by atoms with Crippen molar-refractivity contribution in [1.82, 2.24) is 4.90 Å². The standard InChI is InChI=1S/C13H18N2O3S/c1-4-6-18-14-11-9-15(13(16)17)8-10-5-7-19(2,3)12(10)11/h4-5,7H,1,6,8-9H2,2-3H3,(H,16,17). The van der Waals surface area contributed by atoms with Gasteiger partial charge in [-0.25, -0.2) is 4.79 Å². The summed E-state index contributed by atoms with van der Waals surface area (Å²) < 4.78 is 0. The third-order valence-electron chi connectivity index (χ3n) is 3.03. The molecule has 5 nitrogen and oxygen atoms in total. The van der Waals surface area contributed by atoms with Crippen LogP contribution >= 0.6 is 10.0 Å². The predicted octanol–water partition coefficient (Wildman–Crippen LogP) is 2.38. The van der Waals surface area contributed by atoms with Crippen LogP contribution < -0.4 is 0 Å². The highest BCUT2D eigenvalue weighted by Crippen LogP contribution is 2.57. The zero-order chi connectivity index (χ0) is 14.0. The average molecular weight is 282 g/mol. The van der Waals surface area contributed by atoms with Gasteiger partial charge in [-0.1, -0.05) is 23.9 Å². The third-order valence-corrected chi connectivity index (χ3v) is 5.40. The van der Waals surface area contributed by atoms with Gasteiger partial charge < -0.3 is 9.94 Å². The largest absolute Gasteiger partial charge is 0.465 e. The van der Waals surface area contributed by atoms with Crippen molar-refractivity contribution in [2.45, 2.75) is 0 Å². The summed E-state index contributed by atoms with van der Waals surface area (Å²) in [5.41, 5.74) is 1.75. The van der Waals surface area contributed by atoms with Crippen LogP contribution in [-0.2, 0) is 4.84 Å². The molecule has 0 fully saturated rings. The number of carboxylic acid groups (broad SMARTS) is 1. The lowest BCUT2D eigenvalue weighted by atomic mass is 10.1. The minimum atomic E-state index is -1.04. The van der Waals surface area contributed by atoms with Crippen molar-refractivity contribution < 1.29 is 14.7 Å². The Morgan fingerprint density at radius 2 is 2.37 bits per heavy atom. The molecule has 0 aliphatic carbocycles. The minimum absolute atomic E-state index is 0.281. The second-order valence-electron chi connectivity index (χ2n) is 4.82. The molecule has 0 saturated carbocycles. The van der Waals surface area contributed by atoms with Crippen molar-refractivity contribution in [3.63, 3.8) is 0 Å². The van der Waals surface area contributed by atoms with Crippen LogP contribution in [0.25, 0.3) is 0 Å². The lowest BCUT2D eigenvalue weighted by Crippen LogP contribution is -2.40. The van der Waals surface area contributed by atoms with E-state index in [-0.39, 0.29) is 6.54 Å². The first kappa shape index (κ1) is 13.7. The van der Waals surface area contributed by atoms with E-state index in [0.29, 0.717) is 13.2 Å². The van der Waals surface area contributed by atoms with E-state index in [1.165, 1.54) is 4.90 Å². The number of hydrogen-bond donors (Lipinski definition) is 1. The molecule has 1 amide bonds. The number of oxime groups is 1. The van der Waals surface area contributed by atoms with E-state index < -0.39 is 16.1 Å². The van der Waals surface area contributed by atoms with Crippen molar-refractivity contribution in [2.75, 3.05) is 32.2 Å². The molecule has 2 aliphatic rings. The van der Waals surface area contributed by atoms with Gasteiger partial charge >= 0.3 is 6.09 Å². The Kier molecular flexibility index (Phi) is 3.71. The smallest absolute Gasteiger partial charge is 0.407 e. The van der Waals surface area contributed by atoms with Gasteiger partial charge in [0.15, 0.2) is 0 Å². The minimum Gasteiger partial charge on any atom is -0.465 e. The van der Waals surface area contributed by atoms with Gasteiger partial charge in [0, 0.05) is 4.91 Å². The van der Waals surface area contributed by atoms with Crippen LogP contribution in [-0.4, -0.2) is 54.0 Å². The molecule has 0 aromatic rings. The molecule has 0 bridgehead atoms. The summed E-state index contributed by atoms with van der Waals surface area (Å²) in [6.45, 7) is 4.60. The molecule has 0 unspecified atom stereocenters. The van der Waals surface area contributed by atoms with E-state index in [1.54, 1.807) is 6.08 Å². The quantitative estimate of drug-likeness (QED) is 0.491. The van der Waals surface area contributed by atoms with Gasteiger partial charge in [-0.2, -0.15) is 10.0 Å². The Bertz CT molecular complexity index is 506. The molecule has 2 rings (SSSR count). The van der Waals surface area contributed by atoms with E-state index in [2.05, 4.69) is 29.7 Å². The van der Waals surface area contributed by atoms with Crippen molar-refractivity contribution >= 4 is 21.8 Å². The summed E-state index contributed by atoms with van der Waals surface area (Å²) in [7, 11) is -1.04. The molecule has 0 aromatic carbocycles. The Balaban J connectivity index is 2.33. The highest BCUT2D eigenvalue weighted by molar-refractivity contribution is 8.38. The Morgan fingerprint density at radius 1 is 1.63 bits per heavy atom. The van der Waals surface area contributed by atoms with Gasteiger partial charge in [0.1, 0.15) is 12.3 Å². The normalized spacial score (nSPS) is 24.3. The fourth-order valence-electron chi connectivity index (χ4n) is 2.23. The molecule has 1 N–H and O–H groups in total. The molecule has 0 radical (unpaired) electrons. The highest BCUT2D eigenvalue weighted by atomic mass is 32.3.